The highest BCUT2D eigenvalue weighted by atomic mass is 16.5. The van der Waals surface area contributed by atoms with Gasteiger partial charge < -0.3 is 20.3 Å². The molecule has 6 nitrogen and oxygen atoms in total. The fourth-order valence-electron chi connectivity index (χ4n) is 11.6. The molecule has 0 aliphatic rings. The molecule has 0 spiro atoms. The summed E-state index contributed by atoms with van der Waals surface area (Å²) >= 11 is 0. The highest BCUT2D eigenvalue weighted by Crippen LogP contribution is 2.19. The third-order valence-corrected chi connectivity index (χ3v) is 17.2. The van der Waals surface area contributed by atoms with Crippen molar-refractivity contribution in [3.63, 3.8) is 0 Å². The van der Waals surface area contributed by atoms with Crippen molar-refractivity contribution in [2.75, 3.05) is 13.2 Å². The second kappa shape index (κ2) is 70.6. The molecule has 478 valence electrons. The SMILES string of the molecule is CCCCCCCC/C=C\CCCCCCCC(=O)OCCCCCCCCCCCCC/C=C\C/C=C\CCCCCCCCCCCCCCCCCCCC(=O)NC(CO)C(O)CCCCCCCCCCCCCCCC. The van der Waals surface area contributed by atoms with Gasteiger partial charge in [-0.2, -0.15) is 0 Å². The molecule has 0 radical (unpaired) electrons. The van der Waals surface area contributed by atoms with Crippen LogP contribution in [-0.4, -0.2) is 47.4 Å². The number of nitrogens with one attached hydrogen (secondary N) is 1. The molecule has 0 aromatic carbocycles. The quantitative estimate of drug-likeness (QED) is 0.0320. The van der Waals surface area contributed by atoms with Crippen molar-refractivity contribution in [1.82, 2.24) is 5.32 Å². The number of amides is 1. The van der Waals surface area contributed by atoms with Gasteiger partial charge in [0.1, 0.15) is 0 Å². The van der Waals surface area contributed by atoms with Gasteiger partial charge in [-0.25, -0.2) is 0 Å². The van der Waals surface area contributed by atoms with Crippen molar-refractivity contribution in [1.29, 1.82) is 0 Å². The standard InChI is InChI=1S/C75H143NO5/c1-3-5-7-9-11-13-15-17-40-45-49-53-57-61-65-69-75(80)81-70-66-62-58-54-50-46-42-39-37-35-33-31-29-27-25-23-21-19-20-22-24-26-28-30-32-34-36-38-41-44-48-52-56-60-64-68-74(79)76-72(71-77)73(78)67-63-59-55-51-47-43-18-16-14-12-10-8-6-4-2/h17,21,23,27,29,40,72-73,77-78H,3-16,18-20,22,24-26,28,30-39,41-71H2,1-2H3,(H,76,79)/b23-21-,29-27-,40-17-. The van der Waals surface area contributed by atoms with E-state index in [1.807, 2.05) is 0 Å². The van der Waals surface area contributed by atoms with Gasteiger partial charge in [0.05, 0.1) is 25.4 Å². The first-order valence-electron chi connectivity index (χ1n) is 36.7. The normalized spacial score (nSPS) is 12.7. The van der Waals surface area contributed by atoms with Crippen LogP contribution in [0.1, 0.15) is 406 Å². The number of hydrogen-bond donors (Lipinski definition) is 3. The first kappa shape index (κ1) is 79.1. The smallest absolute Gasteiger partial charge is 0.305 e. The van der Waals surface area contributed by atoms with Crippen LogP contribution < -0.4 is 5.32 Å². The summed E-state index contributed by atoms with van der Waals surface area (Å²) in [4.78, 5) is 24.6. The molecule has 0 rings (SSSR count). The summed E-state index contributed by atoms with van der Waals surface area (Å²) in [5.74, 6) is -0.0210. The lowest BCUT2D eigenvalue weighted by molar-refractivity contribution is -0.143. The number of ether oxygens (including phenoxy) is 1. The number of unbranched alkanes of at least 4 members (excludes halogenated alkanes) is 52. The van der Waals surface area contributed by atoms with Gasteiger partial charge >= 0.3 is 5.97 Å². The van der Waals surface area contributed by atoms with Crippen LogP contribution >= 0.6 is 0 Å². The summed E-state index contributed by atoms with van der Waals surface area (Å²) in [6.07, 6.45) is 90.7. The molecular formula is C75H143NO5. The van der Waals surface area contributed by atoms with Gasteiger partial charge in [-0.15, -0.1) is 0 Å². The molecule has 0 fully saturated rings. The van der Waals surface area contributed by atoms with E-state index in [9.17, 15) is 19.8 Å². The van der Waals surface area contributed by atoms with Crippen molar-refractivity contribution in [2.45, 2.75) is 418 Å². The van der Waals surface area contributed by atoms with Gasteiger partial charge in [-0.05, 0) is 83.5 Å². The fourth-order valence-corrected chi connectivity index (χ4v) is 11.6. The molecule has 81 heavy (non-hydrogen) atoms. The number of carbonyl (C=O) groups excluding carboxylic acids is 2. The lowest BCUT2D eigenvalue weighted by Crippen LogP contribution is -2.45. The maximum Gasteiger partial charge on any atom is 0.305 e. The van der Waals surface area contributed by atoms with Crippen LogP contribution in [0.4, 0.5) is 0 Å². The van der Waals surface area contributed by atoms with E-state index < -0.39 is 12.1 Å². The van der Waals surface area contributed by atoms with Crippen LogP contribution in [-0.2, 0) is 14.3 Å². The minimum absolute atomic E-state index is 0.00925. The van der Waals surface area contributed by atoms with Crippen LogP contribution in [0, 0.1) is 0 Å². The lowest BCUT2D eigenvalue weighted by atomic mass is 10.0. The summed E-state index contributed by atoms with van der Waals surface area (Å²) < 4.78 is 5.49. The molecular weight excluding hydrogens is 995 g/mol. The minimum atomic E-state index is -0.662. The zero-order valence-corrected chi connectivity index (χ0v) is 54.8. The van der Waals surface area contributed by atoms with Crippen LogP contribution in [0.25, 0.3) is 0 Å². The second-order valence-electron chi connectivity index (χ2n) is 25.3. The summed E-state index contributed by atoms with van der Waals surface area (Å²) in [6.45, 7) is 4.97. The van der Waals surface area contributed by atoms with E-state index in [2.05, 4.69) is 55.6 Å². The van der Waals surface area contributed by atoms with Crippen molar-refractivity contribution in [3.8, 4) is 0 Å². The van der Waals surface area contributed by atoms with E-state index in [0.29, 0.717) is 25.9 Å². The maximum atomic E-state index is 12.5. The van der Waals surface area contributed by atoms with Gasteiger partial charge in [0, 0.05) is 12.8 Å². The Morgan fingerprint density at radius 3 is 0.951 bits per heavy atom. The summed E-state index contributed by atoms with van der Waals surface area (Å²) in [6, 6.07) is -0.539. The summed E-state index contributed by atoms with van der Waals surface area (Å²) in [5, 5.41) is 23.3. The summed E-state index contributed by atoms with van der Waals surface area (Å²) in [7, 11) is 0. The van der Waals surface area contributed by atoms with Gasteiger partial charge in [-0.1, -0.05) is 346 Å². The molecule has 0 aromatic rings. The molecule has 0 heterocycles. The van der Waals surface area contributed by atoms with Crippen molar-refractivity contribution in [2.24, 2.45) is 0 Å². The number of rotatable bonds is 69. The third kappa shape index (κ3) is 67.1. The maximum absolute atomic E-state index is 12.5. The van der Waals surface area contributed by atoms with E-state index in [0.717, 1.165) is 51.4 Å². The monoisotopic (exact) mass is 1140 g/mol. The molecule has 3 N–H and O–H groups in total. The Balaban J connectivity index is 3.36. The highest BCUT2D eigenvalue weighted by Gasteiger charge is 2.20. The second-order valence-corrected chi connectivity index (χ2v) is 25.3. The van der Waals surface area contributed by atoms with Crippen LogP contribution in [0.2, 0.25) is 0 Å². The Morgan fingerprint density at radius 1 is 0.346 bits per heavy atom. The predicted octanol–water partition coefficient (Wildman–Crippen LogP) is 23.9. The van der Waals surface area contributed by atoms with E-state index in [4.69, 9.17) is 4.74 Å². The highest BCUT2D eigenvalue weighted by molar-refractivity contribution is 5.76. The van der Waals surface area contributed by atoms with Crippen LogP contribution in [0.3, 0.4) is 0 Å². The first-order valence-corrected chi connectivity index (χ1v) is 36.7. The van der Waals surface area contributed by atoms with Crippen LogP contribution in [0.15, 0.2) is 36.5 Å². The third-order valence-electron chi connectivity index (χ3n) is 17.2. The van der Waals surface area contributed by atoms with Crippen molar-refractivity contribution in [3.05, 3.63) is 36.5 Å². The molecule has 0 bridgehead atoms. The number of carbonyl (C=O) groups is 2. The Kier molecular flexibility index (Phi) is 68.9. The topological polar surface area (TPSA) is 95.9 Å². The molecule has 0 aromatic heterocycles. The Hall–Kier alpha value is -1.92. The number of aliphatic hydroxyl groups excluding tert-OH is 2. The average Bonchev–Trinajstić information content (AvgIpc) is 3.47. The van der Waals surface area contributed by atoms with E-state index in [1.54, 1.807) is 0 Å². The lowest BCUT2D eigenvalue weighted by Gasteiger charge is -2.22. The number of aliphatic hydroxyl groups is 2. The van der Waals surface area contributed by atoms with E-state index >= 15 is 0 Å². The molecule has 0 aliphatic carbocycles. The van der Waals surface area contributed by atoms with Crippen molar-refractivity contribution >= 4 is 11.9 Å². The summed E-state index contributed by atoms with van der Waals surface area (Å²) in [5.41, 5.74) is 0. The zero-order chi connectivity index (χ0) is 58.5. The average molecular weight is 1140 g/mol. The molecule has 2 atom stereocenters. The predicted molar refractivity (Wildman–Crippen MR) is 356 cm³/mol. The van der Waals surface area contributed by atoms with E-state index in [1.165, 1.54) is 321 Å². The largest absolute Gasteiger partial charge is 0.466 e. The molecule has 6 heteroatoms. The van der Waals surface area contributed by atoms with E-state index in [-0.39, 0.29) is 18.5 Å². The minimum Gasteiger partial charge on any atom is -0.466 e. The first-order chi connectivity index (χ1) is 40.0. The molecule has 0 saturated carbocycles. The molecule has 2 unspecified atom stereocenters. The van der Waals surface area contributed by atoms with Gasteiger partial charge in [0.25, 0.3) is 0 Å². The number of hydrogen-bond acceptors (Lipinski definition) is 5. The Labute approximate surface area is 506 Å². The van der Waals surface area contributed by atoms with Crippen molar-refractivity contribution < 1.29 is 24.5 Å². The molecule has 1 amide bonds. The molecule has 0 aliphatic heterocycles. The Morgan fingerprint density at radius 2 is 0.617 bits per heavy atom. The zero-order valence-electron chi connectivity index (χ0n) is 54.8. The van der Waals surface area contributed by atoms with Gasteiger partial charge in [0.15, 0.2) is 0 Å². The molecule has 0 saturated heterocycles. The van der Waals surface area contributed by atoms with Crippen LogP contribution in [0.5, 0.6) is 0 Å². The fraction of sp³-hybridized carbons (Fsp3) is 0.893. The van der Waals surface area contributed by atoms with Gasteiger partial charge in [0.2, 0.25) is 5.91 Å². The number of allylic oxidation sites excluding steroid dienone is 6. The van der Waals surface area contributed by atoms with Gasteiger partial charge in [-0.3, -0.25) is 9.59 Å². The Bertz CT molecular complexity index is 1310. The number of esters is 1.